The van der Waals surface area contributed by atoms with E-state index in [2.05, 4.69) is 26.6 Å². The normalized spacial score (nSPS) is 14.0. The molecule has 0 spiro atoms. The molecule has 2 N–H and O–H groups in total. The van der Waals surface area contributed by atoms with Crippen molar-refractivity contribution in [1.82, 2.24) is 5.32 Å². The number of ether oxygens (including phenoxy) is 1. The molecule has 0 bridgehead atoms. The number of hydrogen-bond donors (Lipinski definition) is 2. The maximum Gasteiger partial charge on any atom is 0.251 e. The maximum absolute atomic E-state index is 12.0. The van der Waals surface area contributed by atoms with E-state index in [4.69, 9.17) is 4.74 Å². The average Bonchev–Trinajstić information content (AvgIpc) is 3.17. The fraction of sp³-hybridized carbons (Fsp3) is 0.333. The van der Waals surface area contributed by atoms with Crippen molar-refractivity contribution in [3.63, 3.8) is 0 Å². The summed E-state index contributed by atoms with van der Waals surface area (Å²) < 4.78 is 6.83. The predicted molar refractivity (Wildman–Crippen MR) is 109 cm³/mol. The van der Waals surface area contributed by atoms with Crippen LogP contribution in [0.5, 0.6) is 5.75 Å². The minimum atomic E-state index is -0.191. The number of halogens is 1. The number of benzene rings is 2. The largest absolute Gasteiger partial charge is 0.490 e. The van der Waals surface area contributed by atoms with Crippen LogP contribution in [0.1, 0.15) is 42.5 Å². The Morgan fingerprint density at radius 2 is 1.67 bits per heavy atom. The highest BCUT2D eigenvalue weighted by molar-refractivity contribution is 9.10. The van der Waals surface area contributed by atoms with E-state index in [1.54, 1.807) is 12.1 Å². The first-order valence-corrected chi connectivity index (χ1v) is 10.00. The summed E-state index contributed by atoms with van der Waals surface area (Å²) in [4.78, 5) is 24.0. The van der Waals surface area contributed by atoms with Crippen LogP contribution >= 0.6 is 15.9 Å². The maximum atomic E-state index is 12.0. The summed E-state index contributed by atoms with van der Waals surface area (Å²) in [6, 6.07) is 14.5. The highest BCUT2D eigenvalue weighted by Gasteiger charge is 2.16. The van der Waals surface area contributed by atoms with Crippen LogP contribution in [0.4, 0.5) is 5.69 Å². The summed E-state index contributed by atoms with van der Waals surface area (Å²) in [6.07, 6.45) is 5.23. The molecule has 3 rings (SSSR count). The first kappa shape index (κ1) is 19.4. The smallest absolute Gasteiger partial charge is 0.251 e. The molecule has 0 aliphatic heterocycles. The van der Waals surface area contributed by atoms with E-state index in [9.17, 15) is 9.59 Å². The Hall–Kier alpha value is -2.34. The molecule has 0 atom stereocenters. The van der Waals surface area contributed by atoms with E-state index < -0.39 is 0 Å². The summed E-state index contributed by atoms with van der Waals surface area (Å²) in [5, 5.41) is 5.58. The molecule has 142 valence electrons. The van der Waals surface area contributed by atoms with Gasteiger partial charge in [0, 0.05) is 28.7 Å². The molecule has 0 aromatic heterocycles. The zero-order valence-corrected chi connectivity index (χ0v) is 16.6. The average molecular weight is 431 g/mol. The summed E-state index contributed by atoms with van der Waals surface area (Å²) >= 11 is 3.33. The molecule has 0 radical (unpaired) electrons. The van der Waals surface area contributed by atoms with E-state index >= 15 is 0 Å². The summed E-state index contributed by atoms with van der Waals surface area (Å²) in [5.74, 6) is 0.501. The highest BCUT2D eigenvalue weighted by Crippen LogP contribution is 2.25. The Kier molecular flexibility index (Phi) is 6.87. The van der Waals surface area contributed by atoms with E-state index in [0.717, 1.165) is 28.8 Å². The van der Waals surface area contributed by atoms with Crippen molar-refractivity contribution in [2.75, 3.05) is 11.9 Å². The zero-order valence-electron chi connectivity index (χ0n) is 15.0. The minimum absolute atomic E-state index is 0.143. The number of carbonyl (C=O) groups is 2. The van der Waals surface area contributed by atoms with Crippen molar-refractivity contribution in [3.05, 3.63) is 58.6 Å². The van der Waals surface area contributed by atoms with E-state index in [-0.39, 0.29) is 24.8 Å². The number of carbonyl (C=O) groups excluding carboxylic acids is 2. The van der Waals surface area contributed by atoms with Crippen LogP contribution in [-0.2, 0) is 4.79 Å². The molecule has 5 nitrogen and oxygen atoms in total. The minimum Gasteiger partial charge on any atom is -0.490 e. The molecule has 0 unspecified atom stereocenters. The molecule has 1 aliphatic rings. The fourth-order valence-electron chi connectivity index (χ4n) is 3.03. The van der Waals surface area contributed by atoms with Crippen LogP contribution < -0.4 is 15.4 Å². The monoisotopic (exact) mass is 430 g/mol. The molecule has 6 heteroatoms. The number of amides is 2. The third-order valence-corrected chi connectivity index (χ3v) is 5.02. The number of rotatable bonds is 7. The summed E-state index contributed by atoms with van der Waals surface area (Å²) in [5.41, 5.74) is 1.29. The summed E-state index contributed by atoms with van der Waals surface area (Å²) in [7, 11) is 0. The summed E-state index contributed by atoms with van der Waals surface area (Å²) in [6.45, 7) is 0.281. The Bertz CT molecular complexity index is 769. The van der Waals surface area contributed by atoms with Crippen molar-refractivity contribution in [2.45, 2.75) is 38.2 Å². The van der Waals surface area contributed by atoms with Gasteiger partial charge in [-0.15, -0.1) is 0 Å². The molecule has 0 heterocycles. The van der Waals surface area contributed by atoms with Gasteiger partial charge in [0.2, 0.25) is 5.91 Å². The van der Waals surface area contributed by atoms with E-state index in [0.29, 0.717) is 11.7 Å². The highest BCUT2D eigenvalue weighted by atomic mass is 79.9. The Balaban J connectivity index is 1.39. The Labute approximate surface area is 167 Å². The molecule has 2 amide bonds. The molecule has 2 aromatic carbocycles. The van der Waals surface area contributed by atoms with Crippen LogP contribution in [0.2, 0.25) is 0 Å². The van der Waals surface area contributed by atoms with Crippen LogP contribution in [0.25, 0.3) is 0 Å². The van der Waals surface area contributed by atoms with Gasteiger partial charge in [-0.25, -0.2) is 0 Å². The first-order valence-electron chi connectivity index (χ1n) is 9.20. The van der Waals surface area contributed by atoms with Gasteiger partial charge in [0.05, 0.1) is 6.10 Å². The van der Waals surface area contributed by atoms with E-state index in [1.165, 1.54) is 12.8 Å². The van der Waals surface area contributed by atoms with Gasteiger partial charge in [-0.2, -0.15) is 0 Å². The topological polar surface area (TPSA) is 67.4 Å². The molecule has 1 aliphatic carbocycles. The lowest BCUT2D eigenvalue weighted by Gasteiger charge is -2.13. The molecular formula is C21H23BrN2O3. The van der Waals surface area contributed by atoms with Crippen molar-refractivity contribution >= 4 is 33.4 Å². The van der Waals surface area contributed by atoms with Crippen molar-refractivity contribution < 1.29 is 14.3 Å². The van der Waals surface area contributed by atoms with Crippen molar-refractivity contribution in [3.8, 4) is 5.75 Å². The lowest BCUT2D eigenvalue weighted by atomic mass is 10.2. The third-order valence-electron chi connectivity index (χ3n) is 4.49. The van der Waals surface area contributed by atoms with E-state index in [1.807, 2.05) is 36.4 Å². The van der Waals surface area contributed by atoms with Gasteiger partial charge in [0.1, 0.15) is 5.75 Å². The van der Waals surface area contributed by atoms with Gasteiger partial charge in [-0.05, 0) is 74.2 Å². The molecule has 0 saturated heterocycles. The molecule has 1 saturated carbocycles. The van der Waals surface area contributed by atoms with Crippen molar-refractivity contribution in [1.29, 1.82) is 0 Å². The van der Waals surface area contributed by atoms with Crippen molar-refractivity contribution in [2.24, 2.45) is 0 Å². The lowest BCUT2D eigenvalue weighted by molar-refractivity contribution is -0.116. The second-order valence-corrected chi connectivity index (χ2v) is 7.53. The number of hydrogen-bond acceptors (Lipinski definition) is 3. The molecule has 27 heavy (non-hydrogen) atoms. The SMILES string of the molecule is O=C(CCNC(=O)c1ccc(Br)cc1)Nc1ccc(OC2CCCC2)cc1. The molecule has 1 fully saturated rings. The lowest BCUT2D eigenvalue weighted by Crippen LogP contribution is -2.27. The van der Waals surface area contributed by atoms with Gasteiger partial charge >= 0.3 is 0 Å². The zero-order chi connectivity index (χ0) is 19.1. The van der Waals surface area contributed by atoms with Crippen LogP contribution in [0.3, 0.4) is 0 Å². The fourth-order valence-corrected chi connectivity index (χ4v) is 3.30. The number of nitrogens with one attached hydrogen (secondary N) is 2. The number of anilines is 1. The van der Waals surface area contributed by atoms with Crippen LogP contribution in [-0.4, -0.2) is 24.5 Å². The predicted octanol–water partition coefficient (Wildman–Crippen LogP) is 4.53. The van der Waals surface area contributed by atoms with Gasteiger partial charge in [-0.3, -0.25) is 9.59 Å². The van der Waals surface area contributed by atoms with Gasteiger partial charge in [-0.1, -0.05) is 15.9 Å². The second kappa shape index (κ2) is 9.55. The Morgan fingerprint density at radius 3 is 2.33 bits per heavy atom. The third kappa shape index (κ3) is 6.10. The quantitative estimate of drug-likeness (QED) is 0.677. The van der Waals surface area contributed by atoms with Gasteiger partial charge in [0.25, 0.3) is 5.91 Å². The van der Waals surface area contributed by atoms with Crippen LogP contribution in [0, 0.1) is 0 Å². The van der Waals surface area contributed by atoms with Gasteiger partial charge in [0.15, 0.2) is 0 Å². The van der Waals surface area contributed by atoms with Gasteiger partial charge < -0.3 is 15.4 Å². The Morgan fingerprint density at radius 1 is 1.00 bits per heavy atom. The van der Waals surface area contributed by atoms with Crippen LogP contribution in [0.15, 0.2) is 53.0 Å². The standard InChI is InChI=1S/C21H23BrN2O3/c22-16-7-5-15(6-8-16)21(26)23-14-13-20(25)24-17-9-11-19(12-10-17)27-18-3-1-2-4-18/h5-12,18H,1-4,13-14H2,(H,23,26)(H,24,25). The first-order chi connectivity index (χ1) is 13.1. The second-order valence-electron chi connectivity index (χ2n) is 6.61. The molecular weight excluding hydrogens is 408 g/mol. The molecule has 2 aromatic rings.